The molecule has 2 aliphatic rings. The number of aliphatic carboxylic acids is 1. The third-order valence-electron chi connectivity index (χ3n) is 4.37. The summed E-state index contributed by atoms with van der Waals surface area (Å²) in [5.41, 5.74) is -0.0631. The highest BCUT2D eigenvalue weighted by Gasteiger charge is 2.40. The van der Waals surface area contributed by atoms with E-state index in [0.29, 0.717) is 26.1 Å². The third-order valence-corrected chi connectivity index (χ3v) is 4.37. The predicted octanol–water partition coefficient (Wildman–Crippen LogP) is 0.681. The minimum absolute atomic E-state index is 0.0631. The summed E-state index contributed by atoms with van der Waals surface area (Å²) in [6.07, 6.45) is 1.35. The molecule has 0 unspecified atom stereocenters. The van der Waals surface area contributed by atoms with Gasteiger partial charge in [-0.1, -0.05) is 0 Å². The maximum Gasteiger partial charge on any atom is 0.326 e. The average Bonchev–Trinajstić information content (AvgIpc) is 2.80. The molecule has 6 heteroatoms. The largest absolute Gasteiger partial charge is 0.480 e. The zero-order chi connectivity index (χ0) is 14.2. The fourth-order valence-electron chi connectivity index (χ4n) is 2.84. The molecule has 0 aromatic heterocycles. The highest BCUT2D eigenvalue weighted by atomic mass is 16.4. The number of urea groups is 1. The van der Waals surface area contributed by atoms with Crippen LogP contribution in [-0.2, 0) is 4.79 Å². The van der Waals surface area contributed by atoms with Crippen molar-refractivity contribution in [3.63, 3.8) is 0 Å². The van der Waals surface area contributed by atoms with E-state index >= 15 is 0 Å². The predicted molar refractivity (Wildman–Crippen MR) is 71.0 cm³/mol. The van der Waals surface area contributed by atoms with E-state index in [-0.39, 0.29) is 11.6 Å². The molecule has 1 atom stereocenters. The first-order valence-corrected chi connectivity index (χ1v) is 6.82. The van der Waals surface area contributed by atoms with Gasteiger partial charge in [-0.3, -0.25) is 4.90 Å². The number of hydrogen-bond acceptors (Lipinski definition) is 3. The molecule has 1 N–H and O–H groups in total. The van der Waals surface area contributed by atoms with Crippen molar-refractivity contribution in [2.24, 2.45) is 0 Å². The summed E-state index contributed by atoms with van der Waals surface area (Å²) >= 11 is 0. The minimum Gasteiger partial charge on any atom is -0.480 e. The molecule has 0 spiro atoms. The van der Waals surface area contributed by atoms with Gasteiger partial charge in [0.1, 0.15) is 6.04 Å². The summed E-state index contributed by atoms with van der Waals surface area (Å²) in [5, 5.41) is 9.16. The lowest BCUT2D eigenvalue weighted by atomic mass is 10.00. The molecule has 0 aromatic carbocycles. The number of nitrogens with zero attached hydrogens (tertiary/aromatic N) is 3. The first kappa shape index (κ1) is 14.1. The fraction of sp³-hybridized carbons (Fsp3) is 0.846. The Bertz CT molecular complexity index is 383. The van der Waals surface area contributed by atoms with Gasteiger partial charge in [-0.2, -0.15) is 0 Å². The van der Waals surface area contributed by atoms with E-state index in [1.54, 1.807) is 4.90 Å². The zero-order valence-corrected chi connectivity index (χ0v) is 11.9. The van der Waals surface area contributed by atoms with Crippen molar-refractivity contribution < 1.29 is 14.7 Å². The first-order chi connectivity index (χ1) is 8.83. The van der Waals surface area contributed by atoms with Crippen LogP contribution in [0, 0.1) is 0 Å². The molecule has 0 aromatic rings. The summed E-state index contributed by atoms with van der Waals surface area (Å²) < 4.78 is 0. The average molecular weight is 269 g/mol. The SMILES string of the molecule is CN1CCN(C(=O)N2CCC[C@H]2C(=O)O)CC1(C)C. The van der Waals surface area contributed by atoms with Crippen molar-refractivity contribution in [1.82, 2.24) is 14.7 Å². The maximum atomic E-state index is 12.5. The topological polar surface area (TPSA) is 64.1 Å². The van der Waals surface area contributed by atoms with Gasteiger partial charge in [-0.05, 0) is 33.7 Å². The standard InChI is InChI=1S/C13H23N3O3/c1-13(2)9-15(8-7-14(13)3)12(19)16-6-4-5-10(16)11(17)18/h10H,4-9H2,1-3H3,(H,17,18)/t10-/m0/s1. The number of amides is 2. The van der Waals surface area contributed by atoms with Gasteiger partial charge in [-0.15, -0.1) is 0 Å². The van der Waals surface area contributed by atoms with Crippen molar-refractivity contribution >= 4 is 12.0 Å². The van der Waals surface area contributed by atoms with Crippen LogP contribution in [-0.4, -0.2) is 76.6 Å². The number of likely N-dealkylation sites (N-methyl/N-ethyl adjacent to an activating group) is 1. The summed E-state index contributed by atoms with van der Waals surface area (Å²) in [4.78, 5) is 29.2. The Morgan fingerprint density at radius 3 is 2.47 bits per heavy atom. The lowest BCUT2D eigenvalue weighted by Crippen LogP contribution is -2.61. The number of carbonyl (C=O) groups is 2. The van der Waals surface area contributed by atoms with E-state index in [1.807, 2.05) is 0 Å². The molecule has 2 aliphatic heterocycles. The molecule has 2 rings (SSSR count). The lowest BCUT2D eigenvalue weighted by molar-refractivity contribution is -0.141. The maximum absolute atomic E-state index is 12.5. The Morgan fingerprint density at radius 1 is 1.21 bits per heavy atom. The van der Waals surface area contributed by atoms with Crippen LogP contribution in [0.3, 0.4) is 0 Å². The number of carbonyl (C=O) groups excluding carboxylic acids is 1. The number of hydrogen-bond donors (Lipinski definition) is 1. The first-order valence-electron chi connectivity index (χ1n) is 6.82. The highest BCUT2D eigenvalue weighted by molar-refractivity contribution is 5.83. The highest BCUT2D eigenvalue weighted by Crippen LogP contribution is 2.23. The van der Waals surface area contributed by atoms with Crippen LogP contribution in [0.2, 0.25) is 0 Å². The molecule has 0 saturated carbocycles. The quantitative estimate of drug-likeness (QED) is 0.760. The monoisotopic (exact) mass is 269 g/mol. The lowest BCUT2D eigenvalue weighted by Gasteiger charge is -2.46. The van der Waals surface area contributed by atoms with Crippen LogP contribution in [0.15, 0.2) is 0 Å². The van der Waals surface area contributed by atoms with Crippen LogP contribution in [0.4, 0.5) is 4.79 Å². The summed E-state index contributed by atoms with van der Waals surface area (Å²) in [7, 11) is 2.05. The molecule has 0 bridgehead atoms. The molecular weight excluding hydrogens is 246 g/mol. The summed E-state index contributed by atoms with van der Waals surface area (Å²) in [6, 6.07) is -0.763. The van der Waals surface area contributed by atoms with Crippen LogP contribution in [0.1, 0.15) is 26.7 Å². The number of carboxylic acid groups (broad SMARTS) is 1. The van der Waals surface area contributed by atoms with E-state index in [1.165, 1.54) is 4.90 Å². The van der Waals surface area contributed by atoms with Gasteiger partial charge < -0.3 is 14.9 Å². The summed E-state index contributed by atoms with van der Waals surface area (Å²) in [6.45, 7) is 6.90. The van der Waals surface area contributed by atoms with Crippen LogP contribution >= 0.6 is 0 Å². The van der Waals surface area contributed by atoms with E-state index in [9.17, 15) is 9.59 Å². The summed E-state index contributed by atoms with van der Waals surface area (Å²) in [5.74, 6) is -0.890. The molecule has 6 nitrogen and oxygen atoms in total. The van der Waals surface area contributed by atoms with E-state index in [0.717, 1.165) is 13.0 Å². The number of carboxylic acids is 1. The molecular formula is C13H23N3O3. The number of piperazine rings is 1. The molecule has 2 heterocycles. The smallest absolute Gasteiger partial charge is 0.326 e. The molecule has 19 heavy (non-hydrogen) atoms. The fourth-order valence-corrected chi connectivity index (χ4v) is 2.84. The van der Waals surface area contributed by atoms with E-state index < -0.39 is 12.0 Å². The second-order valence-corrected chi connectivity index (χ2v) is 6.13. The Morgan fingerprint density at radius 2 is 1.89 bits per heavy atom. The van der Waals surface area contributed by atoms with Gasteiger partial charge in [0.2, 0.25) is 0 Å². The molecule has 2 amide bonds. The van der Waals surface area contributed by atoms with Crippen LogP contribution in [0.25, 0.3) is 0 Å². The Labute approximate surface area is 114 Å². The number of likely N-dealkylation sites (tertiary alicyclic amines) is 1. The third kappa shape index (κ3) is 2.68. The van der Waals surface area contributed by atoms with Crippen LogP contribution in [0.5, 0.6) is 0 Å². The van der Waals surface area contributed by atoms with Gasteiger partial charge in [0, 0.05) is 31.7 Å². The van der Waals surface area contributed by atoms with Crippen molar-refractivity contribution in [2.75, 3.05) is 33.2 Å². The van der Waals surface area contributed by atoms with E-state index in [2.05, 4.69) is 25.8 Å². The molecule has 2 fully saturated rings. The van der Waals surface area contributed by atoms with Crippen LogP contribution < -0.4 is 0 Å². The number of rotatable bonds is 1. The van der Waals surface area contributed by atoms with Crippen molar-refractivity contribution in [3.05, 3.63) is 0 Å². The second kappa shape index (κ2) is 5.00. The van der Waals surface area contributed by atoms with E-state index in [4.69, 9.17) is 5.11 Å². The molecule has 0 radical (unpaired) electrons. The normalized spacial score (nSPS) is 27.6. The minimum atomic E-state index is -0.890. The van der Waals surface area contributed by atoms with Gasteiger partial charge in [0.05, 0.1) is 0 Å². The van der Waals surface area contributed by atoms with Gasteiger partial charge in [0.15, 0.2) is 0 Å². The Hall–Kier alpha value is -1.30. The molecule has 0 aliphatic carbocycles. The molecule has 108 valence electrons. The Kier molecular flexibility index (Phi) is 3.71. The Balaban J connectivity index is 2.06. The van der Waals surface area contributed by atoms with Gasteiger partial charge in [0.25, 0.3) is 0 Å². The van der Waals surface area contributed by atoms with Crippen molar-refractivity contribution in [2.45, 2.75) is 38.3 Å². The van der Waals surface area contributed by atoms with Gasteiger partial charge >= 0.3 is 12.0 Å². The van der Waals surface area contributed by atoms with Gasteiger partial charge in [-0.25, -0.2) is 9.59 Å². The van der Waals surface area contributed by atoms with Crippen molar-refractivity contribution in [1.29, 1.82) is 0 Å². The van der Waals surface area contributed by atoms with Crippen molar-refractivity contribution in [3.8, 4) is 0 Å². The zero-order valence-electron chi connectivity index (χ0n) is 11.9. The molecule has 2 saturated heterocycles. The second-order valence-electron chi connectivity index (χ2n) is 6.13.